The number of aromatic nitrogens is 1. The molecule has 1 heterocycles. The number of carbonyl (C=O) groups excluding carboxylic acids is 1. The maximum Gasteiger partial charge on any atom is 0.314 e. The topological polar surface area (TPSA) is 78.6 Å². The third kappa shape index (κ3) is 5.98. The van der Waals surface area contributed by atoms with Crippen LogP contribution >= 0.6 is 11.3 Å². The maximum atomic E-state index is 13.3. The van der Waals surface area contributed by atoms with Gasteiger partial charge in [0.1, 0.15) is 11.6 Å². The Bertz CT molecular complexity index is 1030. The van der Waals surface area contributed by atoms with Crippen LogP contribution in [-0.2, 0) is 6.54 Å². The van der Waals surface area contributed by atoms with Gasteiger partial charge in [0.2, 0.25) is 0 Å². The quantitative estimate of drug-likeness (QED) is 0.477. The largest absolute Gasteiger partial charge is 0.395 e. The lowest BCUT2D eigenvalue weighted by Crippen LogP contribution is -2.37. The van der Waals surface area contributed by atoms with E-state index in [9.17, 15) is 13.6 Å². The number of aliphatic hydroxyl groups excluding tert-OH is 1. The van der Waals surface area contributed by atoms with Crippen LogP contribution < -0.4 is 15.4 Å². The molecule has 0 unspecified atom stereocenters. The number of amides is 2. The fourth-order valence-corrected chi connectivity index (χ4v) is 3.74. The summed E-state index contributed by atoms with van der Waals surface area (Å²) in [6.45, 7) is 1.07. The number of carbonyl (C=O) groups is 1. The summed E-state index contributed by atoms with van der Waals surface area (Å²) in [5.41, 5.74) is 2.35. The van der Waals surface area contributed by atoms with Crippen LogP contribution in [0.4, 0.5) is 19.3 Å². The second kappa shape index (κ2) is 10.7. The van der Waals surface area contributed by atoms with Crippen LogP contribution in [0.25, 0.3) is 11.3 Å². The number of thiazole rings is 1. The molecule has 0 bridgehead atoms. The summed E-state index contributed by atoms with van der Waals surface area (Å²) in [6.07, 6.45) is 0.633. The minimum absolute atomic E-state index is 0.118. The van der Waals surface area contributed by atoms with Gasteiger partial charge in [0, 0.05) is 25.0 Å². The van der Waals surface area contributed by atoms with Crippen LogP contribution in [0.3, 0.4) is 0 Å². The summed E-state index contributed by atoms with van der Waals surface area (Å²) in [4.78, 5) is 16.9. The van der Waals surface area contributed by atoms with E-state index in [1.807, 2.05) is 9.95 Å². The van der Waals surface area contributed by atoms with E-state index in [4.69, 9.17) is 5.11 Å². The molecule has 3 rings (SSSR count). The lowest BCUT2D eigenvalue weighted by molar-refractivity contribution is 0.234. The molecule has 3 N–H and O–H groups in total. The summed E-state index contributed by atoms with van der Waals surface area (Å²) >= 11 is 1.43. The first-order chi connectivity index (χ1) is 14.6. The Morgan fingerprint density at radius 2 is 1.63 bits per heavy atom. The molecule has 0 aliphatic heterocycles. The highest BCUT2D eigenvalue weighted by Crippen LogP contribution is 2.21. The molecule has 6 nitrogen and oxygen atoms in total. The van der Waals surface area contributed by atoms with Crippen molar-refractivity contribution in [1.29, 1.82) is 0 Å². The van der Waals surface area contributed by atoms with E-state index in [0.717, 1.165) is 11.3 Å². The van der Waals surface area contributed by atoms with Gasteiger partial charge in [0.05, 0.1) is 18.0 Å². The summed E-state index contributed by atoms with van der Waals surface area (Å²) in [5.74, 6) is -0.639. The van der Waals surface area contributed by atoms with Gasteiger partial charge in [-0.05, 0) is 60.5 Å². The molecule has 2 aromatic carbocycles. The SMILES string of the molecule is O=C(NCCO)NCCCn1c(-c2ccc(F)cc2)csc1=Nc1ccc(F)cc1. The predicted molar refractivity (Wildman–Crippen MR) is 112 cm³/mol. The Morgan fingerprint density at radius 1 is 1.00 bits per heavy atom. The van der Waals surface area contributed by atoms with Crippen LogP contribution in [0, 0.1) is 11.6 Å². The van der Waals surface area contributed by atoms with Crippen LogP contribution in [0.2, 0.25) is 0 Å². The fraction of sp³-hybridized carbons (Fsp3) is 0.238. The minimum atomic E-state index is -0.339. The molecule has 0 radical (unpaired) electrons. The standard InChI is InChI=1S/C21H22F2N4O2S/c22-16-4-2-15(3-5-16)19-14-30-21(26-18-8-6-17(23)7-9-18)27(19)12-1-10-24-20(29)25-11-13-28/h2-9,14,28H,1,10-13H2,(H2,24,25,29). The second-order valence-corrected chi connectivity index (χ2v) is 7.25. The molecule has 30 heavy (non-hydrogen) atoms. The second-order valence-electron chi connectivity index (χ2n) is 6.41. The fourth-order valence-electron chi connectivity index (χ4n) is 2.78. The average Bonchev–Trinajstić information content (AvgIpc) is 3.14. The number of urea groups is 1. The molecule has 0 spiro atoms. The first kappa shape index (κ1) is 21.7. The molecule has 158 valence electrons. The zero-order valence-electron chi connectivity index (χ0n) is 16.1. The summed E-state index contributed by atoms with van der Waals surface area (Å²) in [6, 6.07) is 11.8. The van der Waals surface area contributed by atoms with Gasteiger partial charge in [-0.15, -0.1) is 11.3 Å². The molecule has 3 aromatic rings. The molecular weight excluding hydrogens is 410 g/mol. The smallest absolute Gasteiger partial charge is 0.314 e. The maximum absolute atomic E-state index is 13.3. The number of benzene rings is 2. The molecule has 1 aromatic heterocycles. The number of halogens is 2. The molecular formula is C21H22F2N4O2S. The Kier molecular flexibility index (Phi) is 7.69. The van der Waals surface area contributed by atoms with Crippen molar-refractivity contribution >= 4 is 23.1 Å². The number of hydrogen-bond acceptors (Lipinski definition) is 4. The average molecular weight is 432 g/mol. The number of nitrogens with zero attached hydrogens (tertiary/aromatic N) is 2. The highest BCUT2D eigenvalue weighted by atomic mass is 32.1. The van der Waals surface area contributed by atoms with Crippen molar-refractivity contribution in [3.05, 3.63) is 70.3 Å². The lowest BCUT2D eigenvalue weighted by atomic mass is 10.1. The summed E-state index contributed by atoms with van der Waals surface area (Å²) in [5, 5.41) is 15.9. The van der Waals surface area contributed by atoms with Gasteiger partial charge in [-0.1, -0.05) is 0 Å². The van der Waals surface area contributed by atoms with Crippen LogP contribution in [0.15, 0.2) is 58.9 Å². The zero-order valence-corrected chi connectivity index (χ0v) is 17.0. The van der Waals surface area contributed by atoms with Gasteiger partial charge >= 0.3 is 6.03 Å². The third-order valence-corrected chi connectivity index (χ3v) is 5.09. The Balaban J connectivity index is 1.82. The van der Waals surface area contributed by atoms with Crippen molar-refractivity contribution in [1.82, 2.24) is 15.2 Å². The van der Waals surface area contributed by atoms with Gasteiger partial charge in [-0.3, -0.25) is 0 Å². The normalized spacial score (nSPS) is 11.5. The Morgan fingerprint density at radius 3 is 2.30 bits per heavy atom. The number of aliphatic hydroxyl groups is 1. The first-order valence-electron chi connectivity index (χ1n) is 9.44. The van der Waals surface area contributed by atoms with E-state index in [0.29, 0.717) is 30.0 Å². The highest BCUT2D eigenvalue weighted by Gasteiger charge is 2.09. The van der Waals surface area contributed by atoms with Crippen LogP contribution in [0.1, 0.15) is 6.42 Å². The van der Waals surface area contributed by atoms with Crippen molar-refractivity contribution < 1.29 is 18.7 Å². The van der Waals surface area contributed by atoms with Crippen molar-refractivity contribution in [2.45, 2.75) is 13.0 Å². The molecule has 0 saturated heterocycles. The summed E-state index contributed by atoms with van der Waals surface area (Å²) < 4.78 is 28.5. The monoisotopic (exact) mass is 432 g/mol. The number of hydrogen-bond donors (Lipinski definition) is 3. The molecule has 0 saturated carbocycles. The van der Waals surface area contributed by atoms with Crippen molar-refractivity contribution in [3.63, 3.8) is 0 Å². The van der Waals surface area contributed by atoms with E-state index in [-0.39, 0.29) is 30.8 Å². The van der Waals surface area contributed by atoms with Crippen molar-refractivity contribution in [3.8, 4) is 11.3 Å². The van der Waals surface area contributed by atoms with E-state index < -0.39 is 0 Å². The van der Waals surface area contributed by atoms with Crippen molar-refractivity contribution in [2.24, 2.45) is 4.99 Å². The first-order valence-corrected chi connectivity index (χ1v) is 10.3. The summed E-state index contributed by atoms with van der Waals surface area (Å²) in [7, 11) is 0. The van der Waals surface area contributed by atoms with Crippen LogP contribution in [-0.4, -0.2) is 35.4 Å². The molecule has 0 aliphatic rings. The van der Waals surface area contributed by atoms with E-state index in [1.165, 1.54) is 35.6 Å². The van der Waals surface area contributed by atoms with Crippen molar-refractivity contribution in [2.75, 3.05) is 19.7 Å². The van der Waals surface area contributed by atoms with E-state index in [1.54, 1.807) is 24.3 Å². The van der Waals surface area contributed by atoms with Gasteiger partial charge in [-0.25, -0.2) is 18.6 Å². The number of nitrogens with one attached hydrogen (secondary N) is 2. The van der Waals surface area contributed by atoms with Gasteiger partial charge in [-0.2, -0.15) is 0 Å². The minimum Gasteiger partial charge on any atom is -0.395 e. The molecule has 0 fully saturated rings. The zero-order chi connectivity index (χ0) is 21.3. The van der Waals surface area contributed by atoms with Gasteiger partial charge in [0.25, 0.3) is 0 Å². The lowest BCUT2D eigenvalue weighted by Gasteiger charge is -2.10. The number of rotatable bonds is 8. The molecule has 0 atom stereocenters. The van der Waals surface area contributed by atoms with E-state index >= 15 is 0 Å². The van der Waals surface area contributed by atoms with Crippen LogP contribution in [0.5, 0.6) is 0 Å². The highest BCUT2D eigenvalue weighted by molar-refractivity contribution is 7.07. The molecule has 2 amide bonds. The molecule has 9 heteroatoms. The Hall–Kier alpha value is -3.04. The molecule has 0 aliphatic carbocycles. The van der Waals surface area contributed by atoms with Gasteiger partial charge in [0.15, 0.2) is 4.80 Å². The predicted octanol–water partition coefficient (Wildman–Crippen LogP) is 3.41. The third-order valence-electron chi connectivity index (χ3n) is 4.23. The van der Waals surface area contributed by atoms with Gasteiger partial charge < -0.3 is 20.3 Å². The van der Waals surface area contributed by atoms with E-state index in [2.05, 4.69) is 15.6 Å². The Labute approximate surface area is 176 Å².